The van der Waals surface area contributed by atoms with Gasteiger partial charge in [0.25, 0.3) is 10.0 Å². The molecule has 3 aromatic heterocycles. The van der Waals surface area contributed by atoms with Crippen molar-refractivity contribution in [3.63, 3.8) is 0 Å². The fourth-order valence-electron chi connectivity index (χ4n) is 4.02. The van der Waals surface area contributed by atoms with Gasteiger partial charge >= 0.3 is 0 Å². The lowest BCUT2D eigenvalue weighted by molar-refractivity contribution is 0.374. The normalized spacial score (nSPS) is 12.0. The van der Waals surface area contributed by atoms with Crippen LogP contribution in [0.15, 0.2) is 71.9 Å². The van der Waals surface area contributed by atoms with E-state index in [0.29, 0.717) is 28.0 Å². The standard InChI is InChI=1S/C24H21N3O4S/c1-15-6-8-17(9-7-15)32(29,30)27-21(11-16-5-4-10-25-24(16)27)19-14-26(2)20-13-22(28)23(31-3)12-18(19)20/h4-14,28H,1-3H3. The number of fused-ring (bicyclic) bond motifs is 2. The molecule has 0 spiro atoms. The number of pyridine rings is 1. The molecule has 0 aliphatic rings. The van der Waals surface area contributed by atoms with Crippen LogP contribution in [0.5, 0.6) is 11.5 Å². The number of benzene rings is 2. The first kappa shape index (κ1) is 20.1. The summed E-state index contributed by atoms with van der Waals surface area (Å²) in [6.45, 7) is 1.91. The van der Waals surface area contributed by atoms with E-state index in [2.05, 4.69) is 4.98 Å². The zero-order chi connectivity index (χ0) is 22.6. The second-order valence-electron chi connectivity index (χ2n) is 7.72. The van der Waals surface area contributed by atoms with Crippen molar-refractivity contribution < 1.29 is 18.3 Å². The van der Waals surface area contributed by atoms with Crippen LogP contribution in [0.1, 0.15) is 5.56 Å². The van der Waals surface area contributed by atoms with E-state index in [1.165, 1.54) is 11.1 Å². The Kier molecular flexibility index (Phi) is 4.49. The molecular weight excluding hydrogens is 426 g/mol. The lowest BCUT2D eigenvalue weighted by atomic mass is 10.1. The van der Waals surface area contributed by atoms with Crippen molar-refractivity contribution in [2.75, 3.05) is 7.11 Å². The first-order valence-electron chi connectivity index (χ1n) is 9.96. The van der Waals surface area contributed by atoms with Crippen LogP contribution in [0.4, 0.5) is 0 Å². The van der Waals surface area contributed by atoms with Crippen molar-refractivity contribution in [2.24, 2.45) is 7.05 Å². The van der Waals surface area contributed by atoms with Crippen molar-refractivity contribution in [1.29, 1.82) is 0 Å². The number of aromatic nitrogens is 3. The third kappa shape index (κ3) is 2.95. The molecule has 0 unspecified atom stereocenters. The number of rotatable bonds is 4. The second-order valence-corrected chi connectivity index (χ2v) is 9.51. The maximum Gasteiger partial charge on any atom is 0.269 e. The van der Waals surface area contributed by atoms with Gasteiger partial charge < -0.3 is 14.4 Å². The number of phenols is 1. The predicted octanol–water partition coefficient (Wildman–Crippen LogP) is 4.45. The molecule has 0 radical (unpaired) electrons. The summed E-state index contributed by atoms with van der Waals surface area (Å²) in [5.74, 6) is 0.328. The fraction of sp³-hybridized carbons (Fsp3) is 0.125. The van der Waals surface area contributed by atoms with Crippen LogP contribution in [0.3, 0.4) is 0 Å². The molecule has 0 bridgehead atoms. The van der Waals surface area contributed by atoms with Crippen molar-refractivity contribution in [3.05, 3.63) is 72.6 Å². The summed E-state index contributed by atoms with van der Waals surface area (Å²) in [7, 11) is -0.614. The Labute approximate surface area is 185 Å². The van der Waals surface area contributed by atoms with Gasteiger partial charge in [0.15, 0.2) is 17.1 Å². The van der Waals surface area contributed by atoms with E-state index in [4.69, 9.17) is 4.74 Å². The van der Waals surface area contributed by atoms with Crippen LogP contribution < -0.4 is 4.74 Å². The average molecular weight is 448 g/mol. The van der Waals surface area contributed by atoms with Gasteiger partial charge in [-0.25, -0.2) is 17.4 Å². The summed E-state index contributed by atoms with van der Waals surface area (Å²) < 4.78 is 36.0. The highest BCUT2D eigenvalue weighted by Gasteiger charge is 2.26. The summed E-state index contributed by atoms with van der Waals surface area (Å²) in [6, 6.07) is 15.5. The van der Waals surface area contributed by atoms with Gasteiger partial charge in [-0.1, -0.05) is 17.7 Å². The minimum Gasteiger partial charge on any atom is -0.504 e. The molecule has 0 saturated heterocycles. The number of aryl methyl sites for hydroxylation is 2. The Bertz CT molecular complexity index is 1600. The van der Waals surface area contributed by atoms with Gasteiger partial charge in [-0.05, 0) is 43.3 Å². The van der Waals surface area contributed by atoms with Crippen molar-refractivity contribution in [1.82, 2.24) is 13.5 Å². The van der Waals surface area contributed by atoms with E-state index in [1.807, 2.05) is 36.9 Å². The summed E-state index contributed by atoms with van der Waals surface area (Å²) >= 11 is 0. The smallest absolute Gasteiger partial charge is 0.269 e. The molecule has 0 atom stereocenters. The van der Waals surface area contributed by atoms with E-state index < -0.39 is 10.0 Å². The Hall–Kier alpha value is -3.78. The van der Waals surface area contributed by atoms with Gasteiger partial charge in [-0.2, -0.15) is 0 Å². The molecule has 1 N–H and O–H groups in total. The number of aromatic hydroxyl groups is 1. The van der Waals surface area contributed by atoms with Gasteiger partial charge in [-0.15, -0.1) is 0 Å². The third-order valence-electron chi connectivity index (χ3n) is 5.65. The molecular formula is C24H21N3O4S. The van der Waals surface area contributed by atoms with Gasteiger partial charge in [0.1, 0.15) is 0 Å². The topological polar surface area (TPSA) is 86.4 Å². The number of nitrogens with zero attached hydrogens (tertiary/aromatic N) is 3. The van der Waals surface area contributed by atoms with E-state index >= 15 is 0 Å². The molecule has 5 rings (SSSR count). The summed E-state index contributed by atoms with van der Waals surface area (Å²) in [6.07, 6.45) is 3.43. The van der Waals surface area contributed by atoms with E-state index in [1.54, 1.807) is 48.7 Å². The van der Waals surface area contributed by atoms with Crippen molar-refractivity contribution in [3.8, 4) is 22.8 Å². The molecule has 0 saturated carbocycles. The molecule has 8 heteroatoms. The fourth-order valence-corrected chi connectivity index (χ4v) is 5.50. The summed E-state index contributed by atoms with van der Waals surface area (Å²) in [4.78, 5) is 4.57. The molecule has 3 heterocycles. The summed E-state index contributed by atoms with van der Waals surface area (Å²) in [5, 5.41) is 11.7. The molecule has 7 nitrogen and oxygen atoms in total. The van der Waals surface area contributed by atoms with Crippen LogP contribution in [0, 0.1) is 6.92 Å². The van der Waals surface area contributed by atoms with E-state index in [9.17, 15) is 13.5 Å². The Balaban J connectivity index is 1.87. The largest absolute Gasteiger partial charge is 0.504 e. The Morgan fingerprint density at radius 2 is 1.81 bits per heavy atom. The number of hydrogen-bond donors (Lipinski definition) is 1. The van der Waals surface area contributed by atoms with Crippen LogP contribution in [-0.4, -0.2) is 34.2 Å². The highest BCUT2D eigenvalue weighted by Crippen LogP contribution is 2.40. The van der Waals surface area contributed by atoms with Crippen LogP contribution in [0.2, 0.25) is 0 Å². The second kappa shape index (κ2) is 7.13. The van der Waals surface area contributed by atoms with Crippen LogP contribution >= 0.6 is 0 Å². The Morgan fingerprint density at radius 1 is 1.06 bits per heavy atom. The minimum absolute atomic E-state index is 0.0160. The lowest BCUT2D eigenvalue weighted by Crippen LogP contribution is -2.14. The van der Waals surface area contributed by atoms with Crippen LogP contribution in [0.25, 0.3) is 33.2 Å². The highest BCUT2D eigenvalue weighted by atomic mass is 32.2. The van der Waals surface area contributed by atoms with Gasteiger partial charge in [0, 0.05) is 41.8 Å². The Morgan fingerprint density at radius 3 is 2.53 bits per heavy atom. The monoisotopic (exact) mass is 447 g/mol. The number of phenolic OH excluding ortho intramolecular Hbond substituents is 1. The molecule has 0 aliphatic heterocycles. The third-order valence-corrected chi connectivity index (χ3v) is 7.36. The van der Waals surface area contributed by atoms with Gasteiger partial charge in [0.05, 0.1) is 23.2 Å². The first-order chi connectivity index (χ1) is 15.3. The molecule has 162 valence electrons. The molecule has 0 fully saturated rings. The van der Waals surface area contributed by atoms with Gasteiger partial charge in [-0.3, -0.25) is 0 Å². The first-order valence-corrected chi connectivity index (χ1v) is 11.4. The molecule has 0 aliphatic carbocycles. The maximum atomic E-state index is 13.8. The predicted molar refractivity (Wildman–Crippen MR) is 124 cm³/mol. The van der Waals surface area contributed by atoms with E-state index in [0.717, 1.165) is 16.5 Å². The number of methoxy groups -OCH3 is 1. The zero-order valence-corrected chi connectivity index (χ0v) is 18.6. The number of hydrogen-bond acceptors (Lipinski definition) is 5. The molecule has 0 amide bonds. The zero-order valence-electron chi connectivity index (χ0n) is 17.8. The SMILES string of the molecule is COc1cc2c(-c3cc4cccnc4n3S(=O)(=O)c3ccc(C)cc3)cn(C)c2cc1O. The molecule has 5 aromatic rings. The molecule has 2 aromatic carbocycles. The molecule has 32 heavy (non-hydrogen) atoms. The average Bonchev–Trinajstić information content (AvgIpc) is 3.31. The van der Waals surface area contributed by atoms with Crippen molar-refractivity contribution in [2.45, 2.75) is 11.8 Å². The maximum absolute atomic E-state index is 13.8. The lowest BCUT2D eigenvalue weighted by Gasteiger charge is -2.12. The highest BCUT2D eigenvalue weighted by molar-refractivity contribution is 7.90. The van der Waals surface area contributed by atoms with Crippen molar-refractivity contribution >= 4 is 32.0 Å². The quantitative estimate of drug-likeness (QED) is 0.440. The van der Waals surface area contributed by atoms with Gasteiger partial charge in [0.2, 0.25) is 0 Å². The van der Waals surface area contributed by atoms with Crippen LogP contribution in [-0.2, 0) is 17.1 Å². The number of ether oxygens (including phenoxy) is 1. The summed E-state index contributed by atoms with van der Waals surface area (Å²) in [5.41, 5.74) is 3.24. The minimum atomic E-state index is -3.94. The van der Waals surface area contributed by atoms with E-state index in [-0.39, 0.29) is 10.6 Å².